The zero-order valence-electron chi connectivity index (χ0n) is 7.55. The average Bonchev–Trinajstić information content (AvgIpc) is 2.01. The van der Waals surface area contributed by atoms with Gasteiger partial charge in [-0.25, -0.2) is 4.79 Å². The van der Waals surface area contributed by atoms with E-state index in [0.717, 1.165) is 5.56 Å². The van der Waals surface area contributed by atoms with Gasteiger partial charge in [-0.1, -0.05) is 29.3 Å². The van der Waals surface area contributed by atoms with Crippen molar-refractivity contribution >= 4 is 29.2 Å². The minimum absolute atomic E-state index is 0.225. The highest BCUT2D eigenvalue weighted by Crippen LogP contribution is 2.25. The predicted molar refractivity (Wildman–Crippen MR) is 57.6 cm³/mol. The summed E-state index contributed by atoms with van der Waals surface area (Å²) < 4.78 is 0. The molecule has 0 saturated heterocycles. The lowest BCUT2D eigenvalue weighted by Gasteiger charge is -2.13. The lowest BCUT2D eigenvalue weighted by Crippen LogP contribution is -2.31. The number of benzene rings is 1. The van der Waals surface area contributed by atoms with Gasteiger partial charge in [0, 0.05) is 10.0 Å². The Kier molecular flexibility index (Phi) is 3.61. The lowest BCUT2D eigenvalue weighted by atomic mass is 10.1. The molecule has 0 bridgehead atoms. The molecule has 0 heterocycles. The Bertz CT molecular complexity index is 355. The maximum atomic E-state index is 10.6. The lowest BCUT2D eigenvalue weighted by molar-refractivity contribution is 0.246. The van der Waals surface area contributed by atoms with Gasteiger partial charge < -0.3 is 11.1 Å². The third-order valence-corrected chi connectivity index (χ3v) is 2.35. The van der Waals surface area contributed by atoms with Gasteiger partial charge in [-0.15, -0.1) is 0 Å². The van der Waals surface area contributed by atoms with Crippen LogP contribution in [0.1, 0.15) is 18.5 Å². The molecule has 0 aliphatic heterocycles. The second kappa shape index (κ2) is 4.53. The molecule has 5 heteroatoms. The van der Waals surface area contributed by atoms with Gasteiger partial charge >= 0.3 is 6.03 Å². The minimum atomic E-state index is -0.580. The third-order valence-electron chi connectivity index (χ3n) is 1.79. The van der Waals surface area contributed by atoms with E-state index < -0.39 is 6.03 Å². The summed E-state index contributed by atoms with van der Waals surface area (Å²) in [6, 6.07) is 4.28. The fraction of sp³-hybridized carbons (Fsp3) is 0.222. The van der Waals surface area contributed by atoms with Crippen molar-refractivity contribution < 1.29 is 4.79 Å². The van der Waals surface area contributed by atoms with Crippen LogP contribution in [0.15, 0.2) is 18.2 Å². The smallest absolute Gasteiger partial charge is 0.312 e. The zero-order chi connectivity index (χ0) is 10.7. The van der Waals surface area contributed by atoms with Gasteiger partial charge in [-0.3, -0.25) is 0 Å². The average molecular weight is 233 g/mol. The van der Waals surface area contributed by atoms with E-state index in [1.807, 2.05) is 0 Å². The summed E-state index contributed by atoms with van der Waals surface area (Å²) in [6.07, 6.45) is 0. The summed E-state index contributed by atoms with van der Waals surface area (Å²) in [5.41, 5.74) is 5.78. The van der Waals surface area contributed by atoms with Gasteiger partial charge in [-0.2, -0.15) is 0 Å². The van der Waals surface area contributed by atoms with Crippen LogP contribution in [-0.2, 0) is 0 Å². The summed E-state index contributed by atoms with van der Waals surface area (Å²) >= 11 is 11.7. The van der Waals surface area contributed by atoms with Gasteiger partial charge in [0.2, 0.25) is 0 Å². The fourth-order valence-corrected chi connectivity index (χ4v) is 1.72. The van der Waals surface area contributed by atoms with E-state index in [0.29, 0.717) is 10.0 Å². The molecule has 0 aliphatic rings. The Labute approximate surface area is 92.2 Å². The van der Waals surface area contributed by atoms with Crippen LogP contribution in [0.25, 0.3) is 0 Å². The Morgan fingerprint density at radius 3 is 2.64 bits per heavy atom. The van der Waals surface area contributed by atoms with E-state index in [2.05, 4.69) is 5.32 Å². The number of nitrogens with one attached hydrogen (secondary N) is 1. The summed E-state index contributed by atoms with van der Waals surface area (Å²) in [5.74, 6) is 0. The fourth-order valence-electron chi connectivity index (χ4n) is 1.14. The summed E-state index contributed by atoms with van der Waals surface area (Å²) in [4.78, 5) is 10.6. The quantitative estimate of drug-likeness (QED) is 0.810. The van der Waals surface area contributed by atoms with Crippen molar-refractivity contribution in [3.05, 3.63) is 33.8 Å². The molecular weight excluding hydrogens is 223 g/mol. The van der Waals surface area contributed by atoms with Crippen LogP contribution < -0.4 is 11.1 Å². The molecule has 1 rings (SSSR count). The first-order chi connectivity index (χ1) is 6.50. The Morgan fingerprint density at radius 1 is 1.50 bits per heavy atom. The van der Waals surface area contributed by atoms with Crippen molar-refractivity contribution in [2.45, 2.75) is 13.0 Å². The summed E-state index contributed by atoms with van der Waals surface area (Å²) in [5, 5.41) is 3.60. The minimum Gasteiger partial charge on any atom is -0.352 e. The molecule has 76 valence electrons. The number of carbonyl (C=O) groups is 1. The molecule has 1 atom stereocenters. The van der Waals surface area contributed by atoms with Crippen LogP contribution in [0.2, 0.25) is 10.0 Å². The topological polar surface area (TPSA) is 55.1 Å². The number of rotatable bonds is 2. The Balaban J connectivity index is 2.90. The molecule has 1 unspecified atom stereocenters. The highest BCUT2D eigenvalue weighted by atomic mass is 35.5. The number of amides is 2. The third kappa shape index (κ3) is 2.79. The maximum absolute atomic E-state index is 10.6. The number of hydrogen-bond acceptors (Lipinski definition) is 1. The largest absolute Gasteiger partial charge is 0.352 e. The van der Waals surface area contributed by atoms with Crippen LogP contribution in [0, 0.1) is 0 Å². The van der Waals surface area contributed by atoms with Crippen molar-refractivity contribution in [3.63, 3.8) is 0 Å². The SMILES string of the molecule is CC(NC(N)=O)c1ccc(Cl)cc1Cl. The van der Waals surface area contributed by atoms with E-state index in [9.17, 15) is 4.79 Å². The number of nitrogens with two attached hydrogens (primary N) is 1. The molecular formula is C9H10Cl2N2O. The second-order valence-electron chi connectivity index (χ2n) is 2.90. The van der Waals surface area contributed by atoms with Crippen molar-refractivity contribution in [3.8, 4) is 0 Å². The van der Waals surface area contributed by atoms with Crippen LogP contribution in [-0.4, -0.2) is 6.03 Å². The van der Waals surface area contributed by atoms with E-state index in [1.165, 1.54) is 0 Å². The van der Waals surface area contributed by atoms with E-state index in [4.69, 9.17) is 28.9 Å². The first kappa shape index (κ1) is 11.1. The predicted octanol–water partition coefficient (Wildman–Crippen LogP) is 2.72. The highest BCUT2D eigenvalue weighted by molar-refractivity contribution is 6.35. The molecule has 14 heavy (non-hydrogen) atoms. The molecule has 0 aromatic heterocycles. The van der Waals surface area contributed by atoms with Crippen LogP contribution >= 0.6 is 23.2 Å². The van der Waals surface area contributed by atoms with Crippen molar-refractivity contribution in [2.75, 3.05) is 0 Å². The number of hydrogen-bond donors (Lipinski definition) is 2. The van der Waals surface area contributed by atoms with Crippen LogP contribution in [0.3, 0.4) is 0 Å². The molecule has 0 aliphatic carbocycles. The number of urea groups is 1. The van der Waals surface area contributed by atoms with Gasteiger partial charge in [-0.05, 0) is 24.6 Å². The number of carbonyl (C=O) groups excluding carboxylic acids is 1. The van der Waals surface area contributed by atoms with Gasteiger partial charge in [0.05, 0.1) is 6.04 Å². The first-order valence-corrected chi connectivity index (χ1v) is 4.77. The molecule has 0 fully saturated rings. The van der Waals surface area contributed by atoms with E-state index in [-0.39, 0.29) is 6.04 Å². The van der Waals surface area contributed by atoms with E-state index in [1.54, 1.807) is 25.1 Å². The number of primary amides is 1. The molecule has 2 amide bonds. The maximum Gasteiger partial charge on any atom is 0.312 e. The van der Waals surface area contributed by atoms with Gasteiger partial charge in [0.25, 0.3) is 0 Å². The normalized spacial score (nSPS) is 12.2. The standard InChI is InChI=1S/C9H10Cl2N2O/c1-5(13-9(12)14)7-3-2-6(10)4-8(7)11/h2-5H,1H3,(H3,12,13,14). The van der Waals surface area contributed by atoms with Crippen molar-refractivity contribution in [2.24, 2.45) is 5.73 Å². The van der Waals surface area contributed by atoms with Crippen LogP contribution in [0.4, 0.5) is 4.79 Å². The molecule has 0 spiro atoms. The van der Waals surface area contributed by atoms with Gasteiger partial charge in [0.15, 0.2) is 0 Å². The van der Waals surface area contributed by atoms with Gasteiger partial charge in [0.1, 0.15) is 0 Å². The Hall–Kier alpha value is -0.930. The van der Waals surface area contributed by atoms with Crippen LogP contribution in [0.5, 0.6) is 0 Å². The molecule has 3 nitrogen and oxygen atoms in total. The number of halogens is 2. The molecule has 0 saturated carbocycles. The first-order valence-electron chi connectivity index (χ1n) is 4.01. The summed E-state index contributed by atoms with van der Waals surface area (Å²) in [6.45, 7) is 1.79. The van der Waals surface area contributed by atoms with Crippen molar-refractivity contribution in [1.82, 2.24) is 5.32 Å². The van der Waals surface area contributed by atoms with E-state index >= 15 is 0 Å². The molecule has 1 aromatic rings. The zero-order valence-corrected chi connectivity index (χ0v) is 9.06. The Morgan fingerprint density at radius 2 is 2.14 bits per heavy atom. The molecule has 1 aromatic carbocycles. The second-order valence-corrected chi connectivity index (χ2v) is 3.74. The summed E-state index contributed by atoms with van der Waals surface area (Å²) in [7, 11) is 0. The molecule has 0 radical (unpaired) electrons. The van der Waals surface area contributed by atoms with Crippen molar-refractivity contribution in [1.29, 1.82) is 0 Å². The molecule has 3 N–H and O–H groups in total. The highest BCUT2D eigenvalue weighted by Gasteiger charge is 2.10. The monoisotopic (exact) mass is 232 g/mol.